The predicted octanol–water partition coefficient (Wildman–Crippen LogP) is 0.770. The zero-order valence-corrected chi connectivity index (χ0v) is 15.2. The molecule has 2 heterocycles. The van der Waals surface area contributed by atoms with E-state index >= 15 is 0 Å². The van der Waals surface area contributed by atoms with Crippen molar-refractivity contribution in [3.63, 3.8) is 0 Å². The summed E-state index contributed by atoms with van der Waals surface area (Å²) in [6.45, 7) is 2.05. The molecule has 7 nitrogen and oxygen atoms in total. The van der Waals surface area contributed by atoms with Crippen LogP contribution < -0.4 is 5.73 Å². The van der Waals surface area contributed by atoms with E-state index in [1.807, 2.05) is 4.90 Å². The number of hydrogen-bond donors (Lipinski definition) is 1. The van der Waals surface area contributed by atoms with Gasteiger partial charge < -0.3 is 10.3 Å². The lowest BCUT2D eigenvalue weighted by atomic mass is 10.2. The number of piperazine rings is 1. The van der Waals surface area contributed by atoms with Crippen molar-refractivity contribution in [1.29, 1.82) is 0 Å². The monoisotopic (exact) mass is 380 g/mol. The maximum atomic E-state index is 13.8. The summed E-state index contributed by atoms with van der Waals surface area (Å²) in [5, 5.41) is 0. The third-order valence-corrected chi connectivity index (χ3v) is 6.42. The predicted molar refractivity (Wildman–Crippen MR) is 94.4 cm³/mol. The molecule has 0 saturated carbocycles. The molecular formula is C17H21FN4O3S. The molecule has 1 amide bonds. The Bertz CT molecular complexity index is 918. The highest BCUT2D eigenvalue weighted by Crippen LogP contribution is 2.21. The molecule has 1 aliphatic rings. The molecule has 9 heteroatoms. The van der Waals surface area contributed by atoms with Gasteiger partial charge in [0.05, 0.1) is 0 Å². The average molecular weight is 380 g/mol. The maximum absolute atomic E-state index is 13.8. The van der Waals surface area contributed by atoms with Gasteiger partial charge >= 0.3 is 0 Å². The van der Waals surface area contributed by atoms with Gasteiger partial charge in [0.15, 0.2) is 0 Å². The fourth-order valence-electron chi connectivity index (χ4n) is 3.06. The molecule has 0 radical (unpaired) electrons. The van der Waals surface area contributed by atoms with Crippen LogP contribution in [-0.2, 0) is 23.6 Å². The summed E-state index contributed by atoms with van der Waals surface area (Å²) in [6, 6.07) is 7.87. The Morgan fingerprint density at radius 3 is 2.42 bits per heavy atom. The van der Waals surface area contributed by atoms with E-state index in [9.17, 15) is 17.6 Å². The first-order valence-corrected chi connectivity index (χ1v) is 9.65. The van der Waals surface area contributed by atoms with E-state index in [0.29, 0.717) is 38.3 Å². The highest BCUT2D eigenvalue weighted by Gasteiger charge is 2.30. The lowest BCUT2D eigenvalue weighted by molar-refractivity contribution is 0.0992. The molecule has 1 fully saturated rings. The summed E-state index contributed by atoms with van der Waals surface area (Å²) in [7, 11) is -2.12. The van der Waals surface area contributed by atoms with Gasteiger partial charge in [-0.1, -0.05) is 18.2 Å². The van der Waals surface area contributed by atoms with Crippen LogP contribution in [0, 0.1) is 5.82 Å². The zero-order valence-electron chi connectivity index (χ0n) is 14.4. The molecule has 0 aliphatic carbocycles. The number of aryl methyl sites for hydroxylation is 1. The molecule has 2 N–H and O–H groups in total. The fourth-order valence-corrected chi connectivity index (χ4v) is 4.56. The van der Waals surface area contributed by atoms with Crippen LogP contribution in [0.25, 0.3) is 0 Å². The average Bonchev–Trinajstić information content (AvgIpc) is 3.00. The summed E-state index contributed by atoms with van der Waals surface area (Å²) < 4.78 is 42.1. The maximum Gasteiger partial charge on any atom is 0.265 e. The molecule has 1 saturated heterocycles. The number of amides is 1. The Balaban J connectivity index is 1.68. The second kappa shape index (κ2) is 7.18. The Morgan fingerprint density at radius 1 is 1.19 bits per heavy atom. The minimum absolute atomic E-state index is 0.0522. The summed E-state index contributed by atoms with van der Waals surface area (Å²) in [5.41, 5.74) is 5.98. The van der Waals surface area contributed by atoms with Gasteiger partial charge in [0.1, 0.15) is 16.4 Å². The summed E-state index contributed by atoms with van der Waals surface area (Å²) in [6.07, 6.45) is 1.39. The van der Waals surface area contributed by atoms with E-state index in [0.717, 1.165) is 0 Å². The molecule has 0 bridgehead atoms. The van der Waals surface area contributed by atoms with Crippen molar-refractivity contribution in [2.24, 2.45) is 12.8 Å². The largest absolute Gasteiger partial charge is 0.364 e. The number of nitrogens with zero attached hydrogens (tertiary/aromatic N) is 3. The van der Waals surface area contributed by atoms with Crippen molar-refractivity contribution in [3.05, 3.63) is 53.6 Å². The molecule has 1 aromatic carbocycles. The van der Waals surface area contributed by atoms with Crippen LogP contribution in [-0.4, -0.2) is 54.3 Å². The van der Waals surface area contributed by atoms with Crippen molar-refractivity contribution < 1.29 is 17.6 Å². The first-order valence-electron chi connectivity index (χ1n) is 8.21. The van der Waals surface area contributed by atoms with Crippen molar-refractivity contribution >= 4 is 15.9 Å². The minimum Gasteiger partial charge on any atom is -0.364 e. The normalized spacial score (nSPS) is 16.7. The van der Waals surface area contributed by atoms with E-state index in [4.69, 9.17) is 5.73 Å². The molecule has 140 valence electrons. The van der Waals surface area contributed by atoms with Crippen molar-refractivity contribution in [3.8, 4) is 0 Å². The lowest BCUT2D eigenvalue weighted by Crippen LogP contribution is -2.48. The molecule has 0 atom stereocenters. The first-order chi connectivity index (χ1) is 12.3. The van der Waals surface area contributed by atoms with Crippen LogP contribution in [0.15, 0.2) is 41.4 Å². The van der Waals surface area contributed by atoms with Gasteiger partial charge in [-0.25, -0.2) is 12.8 Å². The highest BCUT2D eigenvalue weighted by atomic mass is 32.2. The molecule has 2 aromatic rings. The first kappa shape index (κ1) is 18.6. The van der Waals surface area contributed by atoms with Gasteiger partial charge in [-0.2, -0.15) is 4.31 Å². The third-order valence-electron chi connectivity index (χ3n) is 4.55. The number of nitrogens with two attached hydrogens (primary N) is 1. The Kier molecular flexibility index (Phi) is 5.12. The standard InChI is InChI=1S/C17H21FN4O3S/c1-20-12-14(10-16(20)17(19)23)26(24,25)22-8-6-21(7-9-22)11-13-4-2-3-5-15(13)18/h2-5,10,12H,6-9,11H2,1H3,(H2,19,23). The Labute approximate surface area is 151 Å². The number of rotatable bonds is 5. The smallest absolute Gasteiger partial charge is 0.265 e. The van der Waals surface area contributed by atoms with Gasteiger partial charge in [-0.15, -0.1) is 0 Å². The summed E-state index contributed by atoms with van der Waals surface area (Å²) >= 11 is 0. The van der Waals surface area contributed by atoms with E-state index in [2.05, 4.69) is 0 Å². The topological polar surface area (TPSA) is 88.6 Å². The summed E-state index contributed by atoms with van der Waals surface area (Å²) in [4.78, 5) is 13.4. The molecule has 26 heavy (non-hydrogen) atoms. The number of benzene rings is 1. The van der Waals surface area contributed by atoms with Gasteiger partial charge in [-0.3, -0.25) is 9.69 Å². The van der Waals surface area contributed by atoms with Crippen LogP contribution in [0.1, 0.15) is 16.1 Å². The van der Waals surface area contributed by atoms with E-state index in [1.165, 1.54) is 27.2 Å². The lowest BCUT2D eigenvalue weighted by Gasteiger charge is -2.33. The zero-order chi connectivity index (χ0) is 18.9. The van der Waals surface area contributed by atoms with Gasteiger partial charge in [-0.05, 0) is 12.1 Å². The molecule has 1 aliphatic heterocycles. The Morgan fingerprint density at radius 2 is 1.85 bits per heavy atom. The molecule has 0 spiro atoms. The van der Waals surface area contributed by atoms with Crippen molar-refractivity contribution in [2.75, 3.05) is 26.2 Å². The van der Waals surface area contributed by atoms with Crippen LogP contribution in [0.4, 0.5) is 4.39 Å². The second-order valence-corrected chi connectivity index (χ2v) is 8.25. The van der Waals surface area contributed by atoms with Crippen molar-refractivity contribution in [1.82, 2.24) is 13.8 Å². The second-order valence-electron chi connectivity index (χ2n) is 6.31. The third kappa shape index (κ3) is 3.64. The number of carbonyl (C=O) groups is 1. The van der Waals surface area contributed by atoms with Crippen LogP contribution in [0.5, 0.6) is 0 Å². The molecule has 1 aromatic heterocycles. The number of primary amides is 1. The summed E-state index contributed by atoms with van der Waals surface area (Å²) in [5.74, 6) is -0.936. The number of aromatic nitrogens is 1. The minimum atomic E-state index is -3.70. The fraction of sp³-hybridized carbons (Fsp3) is 0.353. The van der Waals surface area contributed by atoms with Crippen LogP contribution in [0.2, 0.25) is 0 Å². The molecular weight excluding hydrogens is 359 g/mol. The number of halogens is 1. The van der Waals surface area contributed by atoms with Crippen LogP contribution in [0.3, 0.4) is 0 Å². The SMILES string of the molecule is Cn1cc(S(=O)(=O)N2CCN(Cc3ccccc3F)CC2)cc1C(N)=O. The quantitative estimate of drug-likeness (QED) is 0.830. The van der Waals surface area contributed by atoms with Gasteiger partial charge in [0, 0.05) is 51.5 Å². The van der Waals surface area contributed by atoms with E-state index < -0.39 is 15.9 Å². The number of carbonyl (C=O) groups excluding carboxylic acids is 1. The molecule has 3 rings (SSSR count). The number of sulfonamides is 1. The van der Waals surface area contributed by atoms with Gasteiger partial charge in [0.2, 0.25) is 10.0 Å². The molecule has 0 unspecified atom stereocenters. The Hall–Kier alpha value is -2.23. The number of hydrogen-bond acceptors (Lipinski definition) is 4. The van der Waals surface area contributed by atoms with Crippen molar-refractivity contribution in [2.45, 2.75) is 11.4 Å². The van der Waals surface area contributed by atoms with E-state index in [-0.39, 0.29) is 16.4 Å². The van der Waals surface area contributed by atoms with E-state index in [1.54, 1.807) is 25.2 Å². The highest BCUT2D eigenvalue weighted by molar-refractivity contribution is 7.89. The van der Waals surface area contributed by atoms with Gasteiger partial charge in [0.25, 0.3) is 5.91 Å². The van der Waals surface area contributed by atoms with Crippen LogP contribution >= 0.6 is 0 Å².